The van der Waals surface area contributed by atoms with Crippen LogP contribution < -0.4 is 0 Å². The zero-order valence-electron chi connectivity index (χ0n) is 13.0. The number of carbonyl (C=O) groups excluding carboxylic acids is 1. The van der Waals surface area contributed by atoms with E-state index in [0.29, 0.717) is 31.3 Å². The molecular weight excluding hydrogens is 290 g/mol. The van der Waals surface area contributed by atoms with Crippen LogP contribution in [0.5, 0.6) is 0 Å². The SMILES string of the molecule is O=C(O)[C@H](CC(=O)N1C[C@H]2C=CC=C[C@H]2C1)Cc1ccccc1. The van der Waals surface area contributed by atoms with E-state index in [1.807, 2.05) is 47.4 Å². The second kappa shape index (κ2) is 6.82. The Morgan fingerprint density at radius 2 is 1.70 bits per heavy atom. The standard InChI is InChI=1S/C19H21NO3/c21-18(20-12-15-8-4-5-9-16(15)13-20)11-17(19(22)23)10-14-6-2-1-3-7-14/h1-9,15-17H,10-13H2,(H,22,23)/t15-,16+,17-/m0/s1. The molecule has 4 nitrogen and oxygen atoms in total. The molecule has 1 heterocycles. The van der Waals surface area contributed by atoms with Crippen molar-refractivity contribution in [2.75, 3.05) is 13.1 Å². The fourth-order valence-electron chi connectivity index (χ4n) is 3.36. The van der Waals surface area contributed by atoms with E-state index in [-0.39, 0.29) is 12.3 Å². The summed E-state index contributed by atoms with van der Waals surface area (Å²) in [6, 6.07) is 9.48. The van der Waals surface area contributed by atoms with Gasteiger partial charge in [-0.15, -0.1) is 0 Å². The second-order valence-corrected chi connectivity index (χ2v) is 6.33. The van der Waals surface area contributed by atoms with Crippen molar-refractivity contribution in [1.29, 1.82) is 0 Å². The molecule has 2 aliphatic rings. The summed E-state index contributed by atoms with van der Waals surface area (Å²) < 4.78 is 0. The molecule has 4 heteroatoms. The van der Waals surface area contributed by atoms with Crippen LogP contribution in [0.3, 0.4) is 0 Å². The predicted octanol–water partition coefficient (Wildman–Crippen LogP) is 2.52. The number of likely N-dealkylation sites (tertiary alicyclic amines) is 1. The van der Waals surface area contributed by atoms with Crippen molar-refractivity contribution in [2.45, 2.75) is 12.8 Å². The predicted molar refractivity (Wildman–Crippen MR) is 87.7 cm³/mol. The van der Waals surface area contributed by atoms with Crippen LogP contribution in [0.2, 0.25) is 0 Å². The first-order valence-electron chi connectivity index (χ1n) is 8.03. The van der Waals surface area contributed by atoms with Gasteiger partial charge in [-0.2, -0.15) is 0 Å². The minimum atomic E-state index is -0.904. The number of carboxylic acid groups (broad SMARTS) is 1. The topological polar surface area (TPSA) is 57.6 Å². The van der Waals surface area contributed by atoms with Gasteiger partial charge in [-0.3, -0.25) is 9.59 Å². The van der Waals surface area contributed by atoms with Crippen molar-refractivity contribution in [3.63, 3.8) is 0 Å². The third kappa shape index (κ3) is 3.70. The fraction of sp³-hybridized carbons (Fsp3) is 0.368. The van der Waals surface area contributed by atoms with E-state index in [4.69, 9.17) is 0 Å². The minimum absolute atomic E-state index is 0.0514. The highest BCUT2D eigenvalue weighted by Crippen LogP contribution is 2.29. The fourth-order valence-corrected chi connectivity index (χ4v) is 3.36. The van der Waals surface area contributed by atoms with Gasteiger partial charge in [-0.05, 0) is 12.0 Å². The Balaban J connectivity index is 1.62. The van der Waals surface area contributed by atoms with Crippen LogP contribution >= 0.6 is 0 Å². The molecule has 0 saturated carbocycles. The molecule has 0 aromatic heterocycles. The summed E-state index contributed by atoms with van der Waals surface area (Å²) in [6.07, 6.45) is 8.77. The van der Waals surface area contributed by atoms with Crippen molar-refractivity contribution in [3.8, 4) is 0 Å². The molecule has 1 aliphatic heterocycles. The van der Waals surface area contributed by atoms with Gasteiger partial charge in [0, 0.05) is 31.3 Å². The maximum atomic E-state index is 12.5. The highest BCUT2D eigenvalue weighted by Gasteiger charge is 2.34. The number of carboxylic acids is 1. The molecule has 1 aromatic carbocycles. The van der Waals surface area contributed by atoms with E-state index in [2.05, 4.69) is 12.2 Å². The number of carbonyl (C=O) groups is 2. The van der Waals surface area contributed by atoms with Gasteiger partial charge in [0.25, 0.3) is 0 Å². The number of nitrogens with zero attached hydrogens (tertiary/aromatic N) is 1. The molecule has 120 valence electrons. The van der Waals surface area contributed by atoms with Crippen LogP contribution in [0.25, 0.3) is 0 Å². The first-order chi connectivity index (χ1) is 11.1. The lowest BCUT2D eigenvalue weighted by Crippen LogP contribution is -2.32. The summed E-state index contributed by atoms with van der Waals surface area (Å²) in [5.41, 5.74) is 0.952. The Bertz CT molecular complexity index is 615. The van der Waals surface area contributed by atoms with Gasteiger partial charge in [0.2, 0.25) is 5.91 Å². The molecular formula is C19H21NO3. The Morgan fingerprint density at radius 3 is 2.26 bits per heavy atom. The van der Waals surface area contributed by atoms with Crippen LogP contribution in [-0.4, -0.2) is 35.0 Å². The molecule has 1 aliphatic carbocycles. The normalized spacial score (nSPS) is 23.6. The Hall–Kier alpha value is -2.36. The van der Waals surface area contributed by atoms with E-state index >= 15 is 0 Å². The lowest BCUT2D eigenvalue weighted by Gasteiger charge is -2.19. The molecule has 0 bridgehead atoms. The third-order valence-corrected chi connectivity index (χ3v) is 4.69. The van der Waals surface area contributed by atoms with E-state index in [1.165, 1.54) is 0 Å². The first-order valence-corrected chi connectivity index (χ1v) is 8.03. The zero-order chi connectivity index (χ0) is 16.2. The molecule has 1 amide bonds. The van der Waals surface area contributed by atoms with Crippen molar-refractivity contribution < 1.29 is 14.7 Å². The van der Waals surface area contributed by atoms with Crippen molar-refractivity contribution in [1.82, 2.24) is 4.90 Å². The van der Waals surface area contributed by atoms with E-state index < -0.39 is 11.9 Å². The van der Waals surface area contributed by atoms with Crippen LogP contribution in [0.1, 0.15) is 12.0 Å². The number of hydrogen-bond donors (Lipinski definition) is 1. The Morgan fingerprint density at radius 1 is 1.09 bits per heavy atom. The minimum Gasteiger partial charge on any atom is -0.481 e. The summed E-state index contributed by atoms with van der Waals surface area (Å²) in [6.45, 7) is 1.39. The monoisotopic (exact) mass is 311 g/mol. The quantitative estimate of drug-likeness (QED) is 0.909. The van der Waals surface area contributed by atoms with Crippen molar-refractivity contribution in [2.24, 2.45) is 17.8 Å². The summed E-state index contributed by atoms with van der Waals surface area (Å²) >= 11 is 0. The Kier molecular flexibility index (Phi) is 4.60. The molecule has 0 unspecified atom stereocenters. The number of rotatable bonds is 5. The van der Waals surface area contributed by atoms with E-state index in [1.54, 1.807) is 0 Å². The van der Waals surface area contributed by atoms with Crippen LogP contribution in [0.4, 0.5) is 0 Å². The molecule has 1 saturated heterocycles. The summed E-state index contributed by atoms with van der Waals surface area (Å²) in [7, 11) is 0. The number of hydrogen-bond acceptors (Lipinski definition) is 2. The van der Waals surface area contributed by atoms with Gasteiger partial charge < -0.3 is 10.0 Å². The van der Waals surface area contributed by atoms with Gasteiger partial charge in [-0.25, -0.2) is 0 Å². The second-order valence-electron chi connectivity index (χ2n) is 6.33. The summed E-state index contributed by atoms with van der Waals surface area (Å²) in [5.74, 6) is -0.871. The highest BCUT2D eigenvalue weighted by atomic mass is 16.4. The molecule has 3 atom stereocenters. The number of benzene rings is 1. The lowest BCUT2D eigenvalue weighted by molar-refractivity contribution is -0.145. The van der Waals surface area contributed by atoms with E-state index in [0.717, 1.165) is 5.56 Å². The average Bonchev–Trinajstić information content (AvgIpc) is 2.99. The maximum absolute atomic E-state index is 12.5. The van der Waals surface area contributed by atoms with E-state index in [9.17, 15) is 14.7 Å². The van der Waals surface area contributed by atoms with Gasteiger partial charge in [0.1, 0.15) is 0 Å². The molecule has 1 aromatic rings. The summed E-state index contributed by atoms with van der Waals surface area (Å²) in [5, 5.41) is 9.44. The van der Waals surface area contributed by atoms with Crippen molar-refractivity contribution >= 4 is 11.9 Å². The molecule has 1 N–H and O–H groups in total. The maximum Gasteiger partial charge on any atom is 0.307 e. The Labute approximate surface area is 136 Å². The number of aliphatic carboxylic acids is 1. The molecule has 0 radical (unpaired) electrons. The van der Waals surface area contributed by atoms with Crippen LogP contribution in [0, 0.1) is 17.8 Å². The van der Waals surface area contributed by atoms with Gasteiger partial charge in [-0.1, -0.05) is 54.6 Å². The number of allylic oxidation sites excluding steroid dienone is 2. The average molecular weight is 311 g/mol. The highest BCUT2D eigenvalue weighted by molar-refractivity contribution is 5.82. The van der Waals surface area contributed by atoms with Crippen LogP contribution in [-0.2, 0) is 16.0 Å². The van der Waals surface area contributed by atoms with Crippen LogP contribution in [0.15, 0.2) is 54.6 Å². The van der Waals surface area contributed by atoms with Crippen molar-refractivity contribution in [3.05, 3.63) is 60.2 Å². The smallest absolute Gasteiger partial charge is 0.307 e. The lowest BCUT2D eigenvalue weighted by atomic mass is 9.92. The van der Waals surface area contributed by atoms with Gasteiger partial charge in [0.05, 0.1) is 5.92 Å². The molecule has 3 rings (SSSR count). The zero-order valence-corrected chi connectivity index (χ0v) is 13.0. The number of fused-ring (bicyclic) bond motifs is 1. The largest absolute Gasteiger partial charge is 0.481 e. The molecule has 0 spiro atoms. The third-order valence-electron chi connectivity index (χ3n) is 4.69. The first kappa shape index (κ1) is 15.5. The van der Waals surface area contributed by atoms with Gasteiger partial charge >= 0.3 is 5.97 Å². The molecule has 1 fully saturated rings. The summed E-state index contributed by atoms with van der Waals surface area (Å²) in [4.78, 5) is 25.8. The number of amides is 1. The molecule has 23 heavy (non-hydrogen) atoms. The van der Waals surface area contributed by atoms with Gasteiger partial charge in [0.15, 0.2) is 0 Å².